The molecule has 1 aliphatic rings. The van der Waals surface area contributed by atoms with Crippen LogP contribution in [0.15, 0.2) is 65.0 Å². The van der Waals surface area contributed by atoms with Crippen molar-refractivity contribution in [3.8, 4) is 0 Å². The van der Waals surface area contributed by atoms with Crippen LogP contribution in [0, 0.1) is 5.82 Å². The fourth-order valence-electron chi connectivity index (χ4n) is 2.86. The molecule has 1 saturated heterocycles. The molecule has 3 aromatic rings. The number of amides is 1. The van der Waals surface area contributed by atoms with E-state index in [2.05, 4.69) is 22.4 Å². The highest BCUT2D eigenvalue weighted by Gasteiger charge is 2.25. The van der Waals surface area contributed by atoms with E-state index in [4.69, 9.17) is 0 Å². The highest BCUT2D eigenvalue weighted by molar-refractivity contribution is 8.03. The topological polar surface area (TPSA) is 45.2 Å². The van der Waals surface area contributed by atoms with Crippen LogP contribution in [0.5, 0.6) is 0 Å². The number of nitrogens with one attached hydrogen (secondary N) is 1. The van der Waals surface area contributed by atoms with Gasteiger partial charge in [0.1, 0.15) is 5.82 Å². The Bertz CT molecular complexity index is 1000. The monoisotopic (exact) mass is 411 g/mol. The minimum atomic E-state index is -0.406. The third kappa shape index (κ3) is 4.43. The van der Waals surface area contributed by atoms with Crippen molar-refractivity contribution in [1.82, 2.24) is 9.88 Å². The van der Waals surface area contributed by atoms with Crippen molar-refractivity contribution in [1.29, 1.82) is 0 Å². The first kappa shape index (κ1) is 18.7. The SMILES string of the molecule is O=C(c1cccc(F)c1)N1CCS/C1=C/c1csc(NCc2ccccc2)n1. The quantitative estimate of drug-likeness (QED) is 0.636. The number of hydrogen-bond donors (Lipinski definition) is 1. The van der Waals surface area contributed by atoms with E-state index in [0.29, 0.717) is 18.7 Å². The molecule has 0 atom stereocenters. The summed E-state index contributed by atoms with van der Waals surface area (Å²) in [6.07, 6.45) is 1.92. The number of aromatic nitrogens is 1. The molecule has 1 aliphatic heterocycles. The fourth-order valence-corrected chi connectivity index (χ4v) is 4.55. The number of carbonyl (C=O) groups is 1. The number of benzene rings is 2. The summed E-state index contributed by atoms with van der Waals surface area (Å²) < 4.78 is 13.5. The van der Waals surface area contributed by atoms with Gasteiger partial charge in [-0.25, -0.2) is 9.37 Å². The number of nitrogens with zero attached hydrogens (tertiary/aromatic N) is 2. The maximum atomic E-state index is 13.5. The molecule has 0 saturated carbocycles. The summed E-state index contributed by atoms with van der Waals surface area (Å²) in [7, 11) is 0. The van der Waals surface area contributed by atoms with Gasteiger partial charge in [-0.05, 0) is 29.8 Å². The Labute approximate surface area is 171 Å². The molecular weight excluding hydrogens is 393 g/mol. The Hall–Kier alpha value is -2.64. The molecule has 1 fully saturated rings. The van der Waals surface area contributed by atoms with Gasteiger partial charge < -0.3 is 10.2 Å². The lowest BCUT2D eigenvalue weighted by atomic mass is 10.2. The highest BCUT2D eigenvalue weighted by Crippen LogP contribution is 2.32. The molecule has 0 aliphatic carbocycles. The molecule has 0 unspecified atom stereocenters. The summed E-state index contributed by atoms with van der Waals surface area (Å²) in [5.74, 6) is 0.223. The average molecular weight is 412 g/mol. The average Bonchev–Trinajstić information content (AvgIpc) is 3.36. The van der Waals surface area contributed by atoms with Crippen molar-refractivity contribution in [2.24, 2.45) is 0 Å². The van der Waals surface area contributed by atoms with Gasteiger partial charge in [0.2, 0.25) is 0 Å². The summed E-state index contributed by atoms with van der Waals surface area (Å²) in [6, 6.07) is 16.0. The van der Waals surface area contributed by atoms with Crippen LogP contribution in [0.25, 0.3) is 6.08 Å². The van der Waals surface area contributed by atoms with Gasteiger partial charge in [-0.15, -0.1) is 23.1 Å². The van der Waals surface area contributed by atoms with E-state index < -0.39 is 5.82 Å². The third-order valence-corrected chi connectivity index (χ3v) is 6.07. The van der Waals surface area contributed by atoms with E-state index in [-0.39, 0.29) is 5.91 Å². The summed E-state index contributed by atoms with van der Waals surface area (Å²) >= 11 is 3.14. The van der Waals surface area contributed by atoms with Gasteiger partial charge in [-0.1, -0.05) is 36.4 Å². The predicted octanol–water partition coefficient (Wildman–Crippen LogP) is 5.08. The molecule has 2 heterocycles. The Morgan fingerprint density at radius 3 is 2.89 bits per heavy atom. The molecule has 1 N–H and O–H groups in total. The third-order valence-electron chi connectivity index (χ3n) is 4.23. The number of halogens is 1. The Morgan fingerprint density at radius 1 is 1.21 bits per heavy atom. The number of carbonyl (C=O) groups excluding carboxylic acids is 1. The van der Waals surface area contributed by atoms with Gasteiger partial charge >= 0.3 is 0 Å². The van der Waals surface area contributed by atoms with E-state index in [1.165, 1.54) is 29.0 Å². The Kier molecular flexibility index (Phi) is 5.73. The van der Waals surface area contributed by atoms with Gasteiger partial charge in [0.05, 0.1) is 10.7 Å². The minimum absolute atomic E-state index is 0.187. The van der Waals surface area contributed by atoms with Gasteiger partial charge in [-0.3, -0.25) is 4.79 Å². The summed E-state index contributed by atoms with van der Waals surface area (Å²) in [4.78, 5) is 19.0. The Balaban J connectivity index is 1.46. The molecule has 2 aromatic carbocycles. The van der Waals surface area contributed by atoms with E-state index in [0.717, 1.165) is 21.6 Å². The molecule has 0 radical (unpaired) electrons. The summed E-state index contributed by atoms with van der Waals surface area (Å²) in [5, 5.41) is 6.96. The van der Waals surface area contributed by atoms with E-state index in [1.54, 1.807) is 28.8 Å². The Morgan fingerprint density at radius 2 is 2.07 bits per heavy atom. The second-order valence-corrected chi connectivity index (χ2v) is 8.19. The van der Waals surface area contributed by atoms with E-state index in [1.807, 2.05) is 29.7 Å². The van der Waals surface area contributed by atoms with Crippen LogP contribution in [-0.2, 0) is 6.54 Å². The molecule has 1 aromatic heterocycles. The zero-order valence-corrected chi connectivity index (χ0v) is 16.6. The smallest absolute Gasteiger partial charge is 0.258 e. The molecule has 28 heavy (non-hydrogen) atoms. The van der Waals surface area contributed by atoms with Crippen LogP contribution in [0.2, 0.25) is 0 Å². The van der Waals surface area contributed by atoms with E-state index >= 15 is 0 Å². The maximum absolute atomic E-state index is 13.5. The van der Waals surface area contributed by atoms with Gasteiger partial charge in [0, 0.05) is 29.8 Å². The van der Waals surface area contributed by atoms with Crippen LogP contribution < -0.4 is 5.32 Å². The molecule has 7 heteroatoms. The zero-order valence-electron chi connectivity index (χ0n) is 15.0. The first-order chi connectivity index (χ1) is 13.7. The normalized spacial score (nSPS) is 15.2. The number of rotatable bonds is 5. The molecule has 1 amide bonds. The van der Waals surface area contributed by atoms with Crippen molar-refractivity contribution in [3.05, 3.63) is 87.6 Å². The highest BCUT2D eigenvalue weighted by atomic mass is 32.2. The van der Waals surface area contributed by atoms with Crippen molar-refractivity contribution in [2.45, 2.75) is 6.54 Å². The summed E-state index contributed by atoms with van der Waals surface area (Å²) in [6.45, 7) is 1.32. The second kappa shape index (κ2) is 8.58. The first-order valence-corrected chi connectivity index (χ1v) is 10.7. The lowest BCUT2D eigenvalue weighted by Gasteiger charge is -2.16. The molecule has 0 bridgehead atoms. The molecule has 0 spiro atoms. The van der Waals surface area contributed by atoms with Crippen LogP contribution in [0.1, 0.15) is 21.6 Å². The van der Waals surface area contributed by atoms with Gasteiger partial charge in [0.15, 0.2) is 5.13 Å². The lowest BCUT2D eigenvalue weighted by Crippen LogP contribution is -2.26. The standard InChI is InChI=1S/C21H18FN3OS2/c22-17-8-4-7-16(11-17)20(26)25-9-10-27-19(25)12-18-14-28-21(24-18)23-13-15-5-2-1-3-6-15/h1-8,11-12,14H,9-10,13H2,(H,23,24)/b19-12+. The van der Waals surface area contributed by atoms with E-state index in [9.17, 15) is 9.18 Å². The van der Waals surface area contributed by atoms with Gasteiger partial charge in [0.25, 0.3) is 5.91 Å². The molecule has 142 valence electrons. The molecule has 4 rings (SSSR count). The minimum Gasteiger partial charge on any atom is -0.357 e. The lowest BCUT2D eigenvalue weighted by molar-refractivity contribution is 0.0830. The maximum Gasteiger partial charge on any atom is 0.258 e. The summed E-state index contributed by atoms with van der Waals surface area (Å²) in [5.41, 5.74) is 2.36. The first-order valence-electron chi connectivity index (χ1n) is 8.84. The molecular formula is C21H18FN3OS2. The van der Waals surface area contributed by atoms with Crippen LogP contribution in [0.4, 0.5) is 9.52 Å². The van der Waals surface area contributed by atoms with Crippen molar-refractivity contribution < 1.29 is 9.18 Å². The molecule has 4 nitrogen and oxygen atoms in total. The van der Waals surface area contributed by atoms with Crippen molar-refractivity contribution in [2.75, 3.05) is 17.6 Å². The van der Waals surface area contributed by atoms with Crippen molar-refractivity contribution in [3.63, 3.8) is 0 Å². The van der Waals surface area contributed by atoms with Crippen LogP contribution in [0.3, 0.4) is 0 Å². The number of thioether (sulfide) groups is 1. The largest absolute Gasteiger partial charge is 0.357 e. The number of thiazole rings is 1. The fraction of sp³-hybridized carbons (Fsp3) is 0.143. The number of hydrogen-bond acceptors (Lipinski definition) is 5. The van der Waals surface area contributed by atoms with Crippen molar-refractivity contribution >= 4 is 40.2 Å². The second-order valence-electron chi connectivity index (χ2n) is 6.21. The van der Waals surface area contributed by atoms with Crippen LogP contribution in [-0.4, -0.2) is 28.1 Å². The van der Waals surface area contributed by atoms with Crippen LogP contribution >= 0.6 is 23.1 Å². The number of anilines is 1. The predicted molar refractivity (Wildman–Crippen MR) is 114 cm³/mol. The zero-order chi connectivity index (χ0) is 19.3. The van der Waals surface area contributed by atoms with Gasteiger partial charge in [-0.2, -0.15) is 0 Å².